The zero-order valence-electron chi connectivity index (χ0n) is 27.1. The highest BCUT2D eigenvalue weighted by Gasteiger charge is 2.43. The van der Waals surface area contributed by atoms with E-state index in [0.717, 1.165) is 6.42 Å². The van der Waals surface area contributed by atoms with Crippen molar-refractivity contribution in [1.29, 1.82) is 0 Å². The first-order chi connectivity index (χ1) is 21.8. The summed E-state index contributed by atoms with van der Waals surface area (Å²) in [6.07, 6.45) is -9.19. The summed E-state index contributed by atoms with van der Waals surface area (Å²) in [5.74, 6) is -0.909. The number of hydrogen-bond donors (Lipinski definition) is 6. The van der Waals surface area contributed by atoms with Crippen molar-refractivity contribution >= 4 is 23.3 Å². The number of amides is 1. The summed E-state index contributed by atoms with van der Waals surface area (Å²) >= 11 is 0. The molecule has 0 aromatic heterocycles. The van der Waals surface area contributed by atoms with E-state index >= 15 is 0 Å². The molecule has 0 aromatic carbocycles. The third-order valence-corrected chi connectivity index (χ3v) is 8.09. The normalized spacial score (nSPS) is 31.4. The number of nitrogens with zero attached hydrogens (tertiary/aromatic N) is 1. The summed E-state index contributed by atoms with van der Waals surface area (Å²) in [5, 5.41) is 59.5. The van der Waals surface area contributed by atoms with Gasteiger partial charge in [-0.25, -0.2) is 0 Å². The predicted octanol–water partition coefficient (Wildman–Crippen LogP) is -0.869. The highest BCUT2D eigenvalue weighted by atomic mass is 16.7. The second-order valence-corrected chi connectivity index (χ2v) is 12.1. The number of ether oxygens (including phenoxy) is 4. The first-order valence-corrected chi connectivity index (χ1v) is 16.2. The Bertz CT molecular complexity index is 910. The number of aliphatic hydroxyl groups excluding tert-OH is 6. The molecular formula is C31H53NO14. The molecule has 0 bridgehead atoms. The molecule has 0 saturated carbocycles. The van der Waals surface area contributed by atoms with Crippen molar-refractivity contribution in [3.63, 3.8) is 0 Å². The van der Waals surface area contributed by atoms with Gasteiger partial charge in [-0.05, 0) is 46.0 Å². The molecule has 2 aliphatic heterocycles. The smallest absolute Gasteiger partial charge is 0.223 e. The molecule has 10 atom stereocenters. The summed E-state index contributed by atoms with van der Waals surface area (Å²) in [6, 6.07) is 0. The van der Waals surface area contributed by atoms with Crippen LogP contribution in [0, 0.1) is 0 Å². The van der Waals surface area contributed by atoms with Crippen LogP contribution in [0.3, 0.4) is 0 Å². The molecule has 15 heteroatoms. The highest BCUT2D eigenvalue weighted by Crippen LogP contribution is 2.23. The quantitative estimate of drug-likeness (QED) is 0.0821. The SMILES string of the molecule is CCCC(=O)CCCCC(=O)N(CC(=O)CCCO[C@@H]1O[C@@H](C)[C@@H](O)[C@@H](O)[C@@H]1O)CC(=O)CCCO[C@@H]1O[C@@H](C)[C@@H](O)[C@@H](O)[C@@H]1O. The molecule has 0 aliphatic carbocycles. The standard InChI is InChI=1S/C31H53NO14/c1-4-9-20(33)10-5-6-13-23(36)32(16-21(34)11-7-14-43-30-28(41)26(39)24(37)18(2)45-30)17-22(35)12-8-15-44-31-29(42)27(40)25(38)19(3)46-31/h18-19,24-31,37-42H,4-17H2,1-3H3/t18-,19-,24+,25+,26+,27+,28-,29-,30+,31+/m0/s1. The lowest BCUT2D eigenvalue weighted by molar-refractivity contribution is -0.293. The van der Waals surface area contributed by atoms with Gasteiger partial charge in [0.1, 0.15) is 42.4 Å². The average molecular weight is 664 g/mol. The predicted molar refractivity (Wildman–Crippen MR) is 160 cm³/mol. The fourth-order valence-electron chi connectivity index (χ4n) is 5.22. The van der Waals surface area contributed by atoms with E-state index in [9.17, 15) is 49.8 Å². The van der Waals surface area contributed by atoms with Crippen LogP contribution < -0.4 is 0 Å². The maximum atomic E-state index is 13.0. The van der Waals surface area contributed by atoms with Gasteiger partial charge < -0.3 is 54.5 Å². The maximum Gasteiger partial charge on any atom is 0.223 e. The lowest BCUT2D eigenvalue weighted by atomic mass is 10.00. The second kappa shape index (κ2) is 20.4. The molecule has 1 amide bonds. The van der Waals surface area contributed by atoms with E-state index in [1.165, 1.54) is 18.7 Å². The molecule has 2 rings (SSSR count). The largest absolute Gasteiger partial charge is 0.388 e. The van der Waals surface area contributed by atoms with Crippen LogP contribution in [0.25, 0.3) is 0 Å². The van der Waals surface area contributed by atoms with Crippen LogP contribution in [-0.2, 0) is 38.1 Å². The van der Waals surface area contributed by atoms with Gasteiger partial charge in [-0.2, -0.15) is 0 Å². The maximum absolute atomic E-state index is 13.0. The molecule has 2 saturated heterocycles. The Morgan fingerprint density at radius 1 is 0.565 bits per heavy atom. The molecule has 0 radical (unpaired) electrons. The van der Waals surface area contributed by atoms with Crippen LogP contribution >= 0.6 is 0 Å². The second-order valence-electron chi connectivity index (χ2n) is 12.1. The highest BCUT2D eigenvalue weighted by molar-refractivity contribution is 5.90. The third kappa shape index (κ3) is 12.9. The monoisotopic (exact) mass is 663 g/mol. The number of unbranched alkanes of at least 4 members (excludes halogenated alkanes) is 1. The molecule has 15 nitrogen and oxygen atoms in total. The Labute approximate surface area is 269 Å². The molecule has 2 heterocycles. The van der Waals surface area contributed by atoms with Crippen LogP contribution in [0.1, 0.15) is 85.0 Å². The van der Waals surface area contributed by atoms with E-state index < -0.39 is 67.3 Å². The molecule has 0 unspecified atom stereocenters. The van der Waals surface area contributed by atoms with E-state index in [1.54, 1.807) is 0 Å². The Morgan fingerprint density at radius 2 is 0.978 bits per heavy atom. The molecule has 266 valence electrons. The molecular weight excluding hydrogens is 610 g/mol. The van der Waals surface area contributed by atoms with E-state index in [4.69, 9.17) is 18.9 Å². The van der Waals surface area contributed by atoms with Gasteiger partial charge in [-0.1, -0.05) is 6.92 Å². The van der Waals surface area contributed by atoms with Crippen LogP contribution in [0.15, 0.2) is 0 Å². The zero-order valence-corrected chi connectivity index (χ0v) is 27.1. The van der Waals surface area contributed by atoms with Crippen molar-refractivity contribution in [3.05, 3.63) is 0 Å². The van der Waals surface area contributed by atoms with Gasteiger partial charge in [0.2, 0.25) is 5.91 Å². The van der Waals surface area contributed by atoms with Crippen molar-refractivity contribution in [2.45, 2.75) is 146 Å². The molecule has 2 aliphatic rings. The number of carbonyl (C=O) groups excluding carboxylic acids is 4. The molecule has 0 spiro atoms. The van der Waals surface area contributed by atoms with Gasteiger partial charge in [-0.15, -0.1) is 0 Å². The summed E-state index contributed by atoms with van der Waals surface area (Å²) in [5.41, 5.74) is 0. The summed E-state index contributed by atoms with van der Waals surface area (Å²) in [4.78, 5) is 51.6. The fourth-order valence-corrected chi connectivity index (χ4v) is 5.22. The summed E-state index contributed by atoms with van der Waals surface area (Å²) in [6.45, 7) is 4.34. The minimum Gasteiger partial charge on any atom is -0.388 e. The van der Waals surface area contributed by atoms with Gasteiger partial charge in [0.15, 0.2) is 24.1 Å². The van der Waals surface area contributed by atoms with Crippen molar-refractivity contribution in [2.75, 3.05) is 26.3 Å². The fraction of sp³-hybridized carbons (Fsp3) is 0.871. The third-order valence-electron chi connectivity index (χ3n) is 8.09. The van der Waals surface area contributed by atoms with Crippen molar-refractivity contribution in [3.8, 4) is 0 Å². The zero-order chi connectivity index (χ0) is 34.4. The molecule has 2 fully saturated rings. The lowest BCUT2D eigenvalue weighted by Crippen LogP contribution is -2.57. The van der Waals surface area contributed by atoms with Gasteiger partial charge in [0.05, 0.1) is 38.5 Å². The van der Waals surface area contributed by atoms with Crippen molar-refractivity contribution in [2.24, 2.45) is 0 Å². The molecule has 0 aromatic rings. The van der Waals surface area contributed by atoms with Crippen molar-refractivity contribution in [1.82, 2.24) is 4.90 Å². The number of aliphatic hydroxyl groups is 6. The molecule has 6 N–H and O–H groups in total. The van der Waals surface area contributed by atoms with E-state index in [1.807, 2.05) is 6.92 Å². The summed E-state index contributed by atoms with van der Waals surface area (Å²) < 4.78 is 21.6. The minimum absolute atomic E-state index is 0.00354. The van der Waals surface area contributed by atoms with Gasteiger partial charge in [-0.3, -0.25) is 19.2 Å². The first kappa shape index (κ1) is 40.3. The Morgan fingerprint density at radius 3 is 1.41 bits per heavy atom. The van der Waals surface area contributed by atoms with Gasteiger partial charge >= 0.3 is 0 Å². The number of Topliss-reactive ketones (excluding diaryl/α,β-unsaturated/α-hetero) is 3. The van der Waals surface area contributed by atoms with E-state index in [0.29, 0.717) is 25.7 Å². The number of rotatable bonds is 21. The first-order valence-electron chi connectivity index (χ1n) is 16.2. The van der Waals surface area contributed by atoms with E-state index in [2.05, 4.69) is 0 Å². The Hall–Kier alpha value is -1.92. The Balaban J connectivity index is 1.83. The van der Waals surface area contributed by atoms with Gasteiger partial charge in [0, 0.05) is 32.1 Å². The van der Waals surface area contributed by atoms with Crippen LogP contribution in [0.4, 0.5) is 0 Å². The summed E-state index contributed by atoms with van der Waals surface area (Å²) in [7, 11) is 0. The lowest BCUT2D eigenvalue weighted by Gasteiger charge is -2.38. The van der Waals surface area contributed by atoms with Crippen LogP contribution in [0.2, 0.25) is 0 Å². The van der Waals surface area contributed by atoms with Crippen molar-refractivity contribution < 1.29 is 68.8 Å². The number of ketones is 3. The number of hydrogen-bond acceptors (Lipinski definition) is 14. The van der Waals surface area contributed by atoms with E-state index in [-0.39, 0.29) is 75.8 Å². The van der Waals surface area contributed by atoms with Crippen LogP contribution in [-0.4, -0.2) is 147 Å². The minimum atomic E-state index is -1.47. The molecule has 46 heavy (non-hydrogen) atoms. The topological polar surface area (TPSA) is 230 Å². The average Bonchev–Trinajstić information content (AvgIpc) is 3.01. The van der Waals surface area contributed by atoms with Gasteiger partial charge in [0.25, 0.3) is 0 Å². The Kier molecular flexibility index (Phi) is 17.9. The van der Waals surface area contributed by atoms with Crippen LogP contribution in [0.5, 0.6) is 0 Å². The number of carbonyl (C=O) groups is 4.